The molecule has 3 aromatic carbocycles. The van der Waals surface area contributed by atoms with E-state index in [1.54, 1.807) is 0 Å². The minimum atomic E-state index is -4.29. The van der Waals surface area contributed by atoms with E-state index >= 15 is 0 Å². The summed E-state index contributed by atoms with van der Waals surface area (Å²) < 4.78 is 63.0. The van der Waals surface area contributed by atoms with Gasteiger partial charge in [-0.1, -0.05) is 47.5 Å². The Morgan fingerprint density at radius 1 is 0.788 bits per heavy atom. The van der Waals surface area contributed by atoms with Crippen molar-refractivity contribution >= 4 is 60.0 Å². The molecule has 0 bridgehead atoms. The van der Waals surface area contributed by atoms with Gasteiger partial charge in [-0.3, -0.25) is 4.72 Å². The average Bonchev–Trinajstić information content (AvgIpc) is 2.74. The van der Waals surface area contributed by atoms with Crippen molar-refractivity contribution in [2.45, 2.75) is 9.79 Å². The van der Waals surface area contributed by atoms with Gasteiger partial charge in [-0.15, -0.1) is 0 Å². The smallest absolute Gasteiger partial charge is 0.360 e. The van der Waals surface area contributed by atoms with Crippen molar-refractivity contribution < 1.29 is 25.4 Å². The van der Waals surface area contributed by atoms with Crippen LogP contribution in [0.3, 0.4) is 0 Å². The lowest BCUT2D eigenvalue weighted by Gasteiger charge is -2.11. The molecule has 8 nitrogen and oxygen atoms in total. The Kier molecular flexibility index (Phi) is 6.10. The standard InChI is InChI=1S/C21H13Cl2NO7S2/c22-14-5-2-7-16(11-14)32(26,27)24-18-10-13-4-1-9-19(20(13)30-21(18)25)31-33(28,29)17-8-3-6-15(23)12-17/h1-12,24H. The highest BCUT2D eigenvalue weighted by molar-refractivity contribution is 7.92. The van der Waals surface area contributed by atoms with Crippen LogP contribution >= 0.6 is 23.2 Å². The van der Waals surface area contributed by atoms with Crippen molar-refractivity contribution in [2.24, 2.45) is 0 Å². The van der Waals surface area contributed by atoms with Crippen LogP contribution in [0.15, 0.2) is 91.8 Å². The minimum Gasteiger partial charge on any atom is -0.417 e. The maximum absolute atomic E-state index is 12.6. The summed E-state index contributed by atoms with van der Waals surface area (Å²) in [6, 6.07) is 16.4. The first-order valence-corrected chi connectivity index (χ1v) is 12.8. The molecular weight excluding hydrogens is 513 g/mol. The average molecular weight is 526 g/mol. The second-order valence-electron chi connectivity index (χ2n) is 6.68. The molecule has 4 rings (SSSR count). The van der Waals surface area contributed by atoms with Crippen LogP contribution in [0.5, 0.6) is 5.75 Å². The van der Waals surface area contributed by atoms with Crippen molar-refractivity contribution in [1.82, 2.24) is 0 Å². The fourth-order valence-corrected chi connectivity index (χ4v) is 5.46. The molecule has 170 valence electrons. The zero-order chi connectivity index (χ0) is 23.8. The highest BCUT2D eigenvalue weighted by Crippen LogP contribution is 2.30. The number of hydrogen-bond acceptors (Lipinski definition) is 7. The van der Waals surface area contributed by atoms with Gasteiger partial charge < -0.3 is 8.60 Å². The Morgan fingerprint density at radius 2 is 1.39 bits per heavy atom. The molecule has 0 amide bonds. The molecule has 0 atom stereocenters. The first kappa shape index (κ1) is 23.1. The van der Waals surface area contributed by atoms with E-state index in [2.05, 4.69) is 4.72 Å². The molecule has 0 aliphatic rings. The Labute approximate surface area is 198 Å². The first-order chi connectivity index (χ1) is 15.5. The van der Waals surface area contributed by atoms with Crippen LogP contribution in [0.1, 0.15) is 0 Å². The third kappa shape index (κ3) is 4.98. The monoisotopic (exact) mass is 525 g/mol. The summed E-state index contributed by atoms with van der Waals surface area (Å²) in [5.74, 6) is -0.256. The molecule has 0 aliphatic carbocycles. The molecule has 1 aromatic heterocycles. The number of hydrogen-bond donors (Lipinski definition) is 1. The van der Waals surface area contributed by atoms with Crippen molar-refractivity contribution in [3.8, 4) is 5.75 Å². The predicted octanol–water partition coefficient (Wildman–Crippen LogP) is 4.67. The number of benzene rings is 3. The van der Waals surface area contributed by atoms with Gasteiger partial charge in [-0.05, 0) is 48.5 Å². The molecule has 0 saturated heterocycles. The number of halogens is 2. The van der Waals surface area contributed by atoms with Crippen LogP contribution in [-0.2, 0) is 20.1 Å². The molecule has 1 heterocycles. The number of para-hydroxylation sites is 1. The SMILES string of the molecule is O=c1oc2c(OS(=O)(=O)c3cccc(Cl)c3)cccc2cc1NS(=O)(=O)c1cccc(Cl)c1. The van der Waals surface area contributed by atoms with Crippen molar-refractivity contribution in [2.75, 3.05) is 4.72 Å². The number of fused-ring (bicyclic) bond motifs is 1. The Balaban J connectivity index is 1.72. The lowest BCUT2D eigenvalue weighted by molar-refractivity contribution is 0.475. The largest absolute Gasteiger partial charge is 0.417 e. The third-order valence-electron chi connectivity index (χ3n) is 4.36. The second-order valence-corrected chi connectivity index (χ2v) is 10.8. The van der Waals surface area contributed by atoms with Crippen molar-refractivity contribution in [3.63, 3.8) is 0 Å². The number of nitrogens with one attached hydrogen (secondary N) is 1. The minimum absolute atomic E-state index is 0.154. The van der Waals surface area contributed by atoms with Gasteiger partial charge in [-0.25, -0.2) is 13.2 Å². The maximum Gasteiger partial charge on any atom is 0.360 e. The van der Waals surface area contributed by atoms with E-state index in [0.717, 1.165) is 0 Å². The van der Waals surface area contributed by atoms with Gasteiger partial charge in [-0.2, -0.15) is 8.42 Å². The Morgan fingerprint density at radius 3 is 2.06 bits per heavy atom. The normalized spacial score (nSPS) is 11.9. The first-order valence-electron chi connectivity index (χ1n) is 9.10. The molecule has 33 heavy (non-hydrogen) atoms. The van der Waals surface area contributed by atoms with Crippen LogP contribution < -0.4 is 14.5 Å². The van der Waals surface area contributed by atoms with Crippen molar-refractivity contribution in [3.05, 3.63) is 93.3 Å². The van der Waals surface area contributed by atoms with Gasteiger partial charge in [0.1, 0.15) is 10.6 Å². The lowest BCUT2D eigenvalue weighted by atomic mass is 10.2. The topological polar surface area (TPSA) is 120 Å². The van der Waals surface area contributed by atoms with E-state index in [0.29, 0.717) is 0 Å². The van der Waals surface area contributed by atoms with Crippen molar-refractivity contribution in [1.29, 1.82) is 0 Å². The zero-order valence-corrected chi connectivity index (χ0v) is 19.5. The summed E-state index contributed by atoms with van der Waals surface area (Å²) in [5.41, 5.74) is -1.61. The van der Waals surface area contributed by atoms with E-state index in [-0.39, 0.29) is 42.2 Å². The van der Waals surface area contributed by atoms with E-state index < -0.39 is 25.8 Å². The summed E-state index contributed by atoms with van der Waals surface area (Å²) in [7, 11) is -8.43. The molecule has 0 fully saturated rings. The van der Waals surface area contributed by atoms with Gasteiger partial charge in [0.25, 0.3) is 10.0 Å². The molecule has 4 aromatic rings. The second kappa shape index (κ2) is 8.71. The fraction of sp³-hybridized carbons (Fsp3) is 0. The predicted molar refractivity (Wildman–Crippen MR) is 124 cm³/mol. The Bertz CT molecular complexity index is 1650. The molecule has 0 spiro atoms. The number of rotatable bonds is 6. The lowest BCUT2D eigenvalue weighted by Crippen LogP contribution is -2.18. The van der Waals surface area contributed by atoms with Gasteiger partial charge >= 0.3 is 15.7 Å². The number of sulfonamides is 1. The van der Waals surface area contributed by atoms with E-state index in [4.69, 9.17) is 31.8 Å². The maximum atomic E-state index is 12.6. The summed E-state index contributed by atoms with van der Waals surface area (Å²) >= 11 is 11.7. The summed E-state index contributed by atoms with van der Waals surface area (Å²) in [6.45, 7) is 0. The molecule has 0 aliphatic heterocycles. The molecule has 0 saturated carbocycles. The quantitative estimate of drug-likeness (QED) is 0.287. The van der Waals surface area contributed by atoms with E-state index in [1.807, 2.05) is 0 Å². The van der Waals surface area contributed by atoms with Gasteiger partial charge in [0, 0.05) is 15.4 Å². The van der Waals surface area contributed by atoms with Gasteiger partial charge in [0.2, 0.25) is 0 Å². The fourth-order valence-electron chi connectivity index (χ4n) is 2.88. The summed E-state index contributed by atoms with van der Waals surface area (Å²) in [5, 5.41) is 0.615. The van der Waals surface area contributed by atoms with E-state index in [1.165, 1.54) is 72.8 Å². The van der Waals surface area contributed by atoms with Crippen LogP contribution in [0.2, 0.25) is 10.0 Å². The van der Waals surface area contributed by atoms with Crippen LogP contribution in [0.25, 0.3) is 11.0 Å². The number of anilines is 1. The summed E-state index contributed by atoms with van der Waals surface area (Å²) in [6.07, 6.45) is 0. The molecule has 0 radical (unpaired) electrons. The third-order valence-corrected chi connectivity index (χ3v) is 7.42. The van der Waals surface area contributed by atoms with E-state index in [9.17, 15) is 21.6 Å². The highest BCUT2D eigenvalue weighted by Gasteiger charge is 2.22. The summed E-state index contributed by atoms with van der Waals surface area (Å²) in [4.78, 5) is 12.2. The van der Waals surface area contributed by atoms with Crippen LogP contribution in [0, 0.1) is 0 Å². The van der Waals surface area contributed by atoms with Crippen LogP contribution in [0.4, 0.5) is 5.69 Å². The molecule has 12 heteroatoms. The van der Waals surface area contributed by atoms with Gasteiger partial charge in [0.15, 0.2) is 11.3 Å². The Hall–Kier alpha value is -3.05. The molecule has 0 unspecified atom stereocenters. The van der Waals surface area contributed by atoms with Gasteiger partial charge in [0.05, 0.1) is 4.90 Å². The molecule has 1 N–H and O–H groups in total. The molecular formula is C21H13Cl2NO7S2. The zero-order valence-electron chi connectivity index (χ0n) is 16.4. The van der Waals surface area contributed by atoms with Crippen LogP contribution in [-0.4, -0.2) is 16.8 Å². The highest BCUT2D eigenvalue weighted by atomic mass is 35.5.